The summed E-state index contributed by atoms with van der Waals surface area (Å²) in [5, 5.41) is 8.89. The Bertz CT molecular complexity index is 589. The van der Waals surface area contributed by atoms with Crippen LogP contribution in [0.15, 0.2) is 16.7 Å². The highest BCUT2D eigenvalue weighted by molar-refractivity contribution is 5.96. The lowest BCUT2D eigenvalue weighted by Crippen LogP contribution is -2.67. The number of carboxylic acid groups (broad SMARTS) is 1. The lowest BCUT2D eigenvalue weighted by molar-refractivity contribution is -0.182. The fraction of sp³-hybridized carbons (Fsp3) is 0.625. The second-order valence-electron chi connectivity index (χ2n) is 6.31. The molecule has 1 N–H and O–H groups in total. The molecule has 2 aliphatic rings. The minimum absolute atomic E-state index is 0.0931. The summed E-state index contributed by atoms with van der Waals surface area (Å²) in [5.74, 6) is -0.962. The van der Waals surface area contributed by atoms with Crippen molar-refractivity contribution < 1.29 is 23.8 Å². The average Bonchev–Trinajstić information content (AvgIpc) is 2.82. The van der Waals surface area contributed by atoms with Crippen LogP contribution < -0.4 is 0 Å². The van der Waals surface area contributed by atoms with Crippen LogP contribution in [0.4, 0.5) is 0 Å². The number of ether oxygens (including phenoxy) is 1. The van der Waals surface area contributed by atoms with Gasteiger partial charge in [-0.05, 0) is 25.3 Å². The van der Waals surface area contributed by atoms with Gasteiger partial charge in [0.25, 0.3) is 5.91 Å². The monoisotopic (exact) mass is 307 g/mol. The van der Waals surface area contributed by atoms with Gasteiger partial charge in [0, 0.05) is 25.6 Å². The molecule has 2 atom stereocenters. The summed E-state index contributed by atoms with van der Waals surface area (Å²) in [7, 11) is 3.51. The van der Waals surface area contributed by atoms with Gasteiger partial charge in [-0.3, -0.25) is 9.59 Å². The van der Waals surface area contributed by atoms with Gasteiger partial charge in [-0.15, -0.1) is 0 Å². The van der Waals surface area contributed by atoms with E-state index in [1.54, 1.807) is 25.1 Å². The third-order valence-electron chi connectivity index (χ3n) is 5.39. The van der Waals surface area contributed by atoms with E-state index in [0.717, 1.165) is 19.3 Å². The first-order valence-corrected chi connectivity index (χ1v) is 7.57. The summed E-state index contributed by atoms with van der Waals surface area (Å²) in [5.41, 5.74) is 0.441. The zero-order chi connectivity index (χ0) is 15.9. The molecule has 0 saturated heterocycles. The molecule has 0 bridgehead atoms. The van der Waals surface area contributed by atoms with Crippen LogP contribution in [0.2, 0.25) is 0 Å². The fourth-order valence-electron chi connectivity index (χ4n) is 3.98. The van der Waals surface area contributed by atoms with Crippen LogP contribution in [0.1, 0.15) is 41.8 Å². The summed E-state index contributed by atoms with van der Waals surface area (Å²) < 4.78 is 10.7. The minimum atomic E-state index is -1.01. The molecule has 1 heterocycles. The largest absolute Gasteiger partial charge is 0.481 e. The van der Waals surface area contributed by atoms with Crippen LogP contribution in [-0.4, -0.2) is 48.2 Å². The van der Waals surface area contributed by atoms with E-state index in [9.17, 15) is 9.59 Å². The van der Waals surface area contributed by atoms with Gasteiger partial charge in [0.1, 0.15) is 12.2 Å². The summed E-state index contributed by atoms with van der Waals surface area (Å²) >= 11 is 0. The fourth-order valence-corrected chi connectivity index (χ4v) is 3.98. The Morgan fingerprint density at radius 2 is 2.23 bits per heavy atom. The van der Waals surface area contributed by atoms with Crippen LogP contribution in [-0.2, 0) is 16.0 Å². The molecule has 1 aromatic heterocycles. The van der Waals surface area contributed by atoms with Gasteiger partial charge < -0.3 is 19.2 Å². The van der Waals surface area contributed by atoms with E-state index < -0.39 is 5.97 Å². The number of nitrogens with zero attached hydrogens (tertiary/aromatic N) is 1. The number of amides is 1. The van der Waals surface area contributed by atoms with Crippen molar-refractivity contribution >= 4 is 11.9 Å². The Balaban J connectivity index is 1.76. The Hall–Kier alpha value is -1.82. The molecule has 1 aromatic rings. The number of methoxy groups -OCH3 is 1. The summed E-state index contributed by atoms with van der Waals surface area (Å²) in [6.07, 6.45) is 5.50. The smallest absolute Gasteiger partial charge is 0.311 e. The normalized spacial score (nSPS) is 25.4. The molecule has 6 nitrogen and oxygen atoms in total. The van der Waals surface area contributed by atoms with Gasteiger partial charge in [-0.2, -0.15) is 0 Å². The maximum absolute atomic E-state index is 12.7. The zero-order valence-electron chi connectivity index (χ0n) is 12.9. The van der Waals surface area contributed by atoms with Crippen LogP contribution in [0.5, 0.6) is 0 Å². The van der Waals surface area contributed by atoms with E-state index >= 15 is 0 Å². The molecular formula is C16H21NO5. The average molecular weight is 307 g/mol. The highest BCUT2D eigenvalue weighted by Crippen LogP contribution is 2.58. The Kier molecular flexibility index (Phi) is 3.72. The number of hydrogen-bond donors (Lipinski definition) is 1. The van der Waals surface area contributed by atoms with Crippen molar-refractivity contribution in [2.24, 2.45) is 5.41 Å². The molecule has 1 amide bonds. The van der Waals surface area contributed by atoms with Gasteiger partial charge in [-0.1, -0.05) is 6.42 Å². The zero-order valence-corrected chi connectivity index (χ0v) is 12.9. The Morgan fingerprint density at radius 1 is 1.50 bits per heavy atom. The molecule has 3 rings (SSSR count). The molecule has 2 aliphatic carbocycles. The van der Waals surface area contributed by atoms with Gasteiger partial charge in [0.05, 0.1) is 17.9 Å². The van der Waals surface area contributed by atoms with Crippen LogP contribution >= 0.6 is 0 Å². The highest BCUT2D eigenvalue weighted by Gasteiger charge is 2.60. The maximum Gasteiger partial charge on any atom is 0.311 e. The molecule has 1 spiro atoms. The quantitative estimate of drug-likeness (QED) is 0.899. The topological polar surface area (TPSA) is 80.0 Å². The van der Waals surface area contributed by atoms with Gasteiger partial charge >= 0.3 is 5.97 Å². The Morgan fingerprint density at radius 3 is 2.77 bits per heavy atom. The van der Waals surface area contributed by atoms with Crippen molar-refractivity contribution in [3.05, 3.63) is 23.7 Å². The Labute approximate surface area is 129 Å². The van der Waals surface area contributed by atoms with Crippen molar-refractivity contribution in [1.29, 1.82) is 0 Å². The van der Waals surface area contributed by atoms with E-state index in [1.807, 2.05) is 0 Å². The summed E-state index contributed by atoms with van der Waals surface area (Å²) in [4.78, 5) is 25.3. The molecule has 2 fully saturated rings. The van der Waals surface area contributed by atoms with Crippen LogP contribution in [0, 0.1) is 5.41 Å². The molecule has 0 aromatic carbocycles. The lowest BCUT2D eigenvalue weighted by Gasteiger charge is -2.62. The number of carbonyl (C=O) groups excluding carboxylic acids is 1. The summed E-state index contributed by atoms with van der Waals surface area (Å²) in [6, 6.07) is 1.71. The first-order chi connectivity index (χ1) is 10.5. The van der Waals surface area contributed by atoms with Crippen LogP contribution in [0.3, 0.4) is 0 Å². The molecule has 0 radical (unpaired) electrons. The van der Waals surface area contributed by atoms with Crippen LogP contribution in [0.25, 0.3) is 0 Å². The first kappa shape index (κ1) is 15.1. The van der Waals surface area contributed by atoms with E-state index in [4.69, 9.17) is 14.3 Å². The maximum atomic E-state index is 12.7. The number of hydrogen-bond acceptors (Lipinski definition) is 4. The van der Waals surface area contributed by atoms with Gasteiger partial charge in [0.15, 0.2) is 0 Å². The lowest BCUT2D eigenvalue weighted by atomic mass is 9.50. The second-order valence-corrected chi connectivity index (χ2v) is 6.31. The van der Waals surface area contributed by atoms with Gasteiger partial charge in [0.2, 0.25) is 0 Å². The second kappa shape index (κ2) is 5.43. The van der Waals surface area contributed by atoms with Crippen molar-refractivity contribution in [3.63, 3.8) is 0 Å². The minimum Gasteiger partial charge on any atom is -0.481 e. The van der Waals surface area contributed by atoms with Crippen molar-refractivity contribution in [1.82, 2.24) is 4.90 Å². The van der Waals surface area contributed by atoms with Gasteiger partial charge in [-0.25, -0.2) is 0 Å². The third kappa shape index (κ3) is 2.13. The first-order valence-electron chi connectivity index (χ1n) is 7.57. The van der Waals surface area contributed by atoms with Crippen molar-refractivity contribution in [3.8, 4) is 0 Å². The number of aliphatic carboxylic acids is 1. The molecule has 0 aliphatic heterocycles. The van der Waals surface area contributed by atoms with Crippen molar-refractivity contribution in [2.45, 2.75) is 44.2 Å². The van der Waals surface area contributed by atoms with E-state index in [-0.39, 0.29) is 35.6 Å². The van der Waals surface area contributed by atoms with E-state index in [2.05, 4.69) is 0 Å². The van der Waals surface area contributed by atoms with E-state index in [0.29, 0.717) is 5.56 Å². The predicted octanol–water partition coefficient (Wildman–Crippen LogP) is 1.94. The number of carboxylic acids is 1. The molecule has 22 heavy (non-hydrogen) atoms. The molecule has 2 unspecified atom stereocenters. The third-order valence-corrected chi connectivity index (χ3v) is 5.39. The highest BCUT2D eigenvalue weighted by atomic mass is 16.5. The molecule has 120 valence electrons. The standard InChI is InChI=1S/C16H21NO5/c1-17(12-9-13(21-2)16(12)5-3-6-16)15(20)10-4-7-22-11(10)8-14(18)19/h4,7,12-13H,3,5-6,8-9H2,1-2H3,(H,18,19). The number of furan rings is 1. The molecule has 6 heteroatoms. The molecule has 2 saturated carbocycles. The summed E-state index contributed by atoms with van der Waals surface area (Å²) in [6.45, 7) is 0. The predicted molar refractivity (Wildman–Crippen MR) is 77.6 cm³/mol. The number of carbonyl (C=O) groups is 2. The number of rotatable bonds is 5. The molecular weight excluding hydrogens is 286 g/mol. The SMILES string of the molecule is COC1CC(N(C)C(=O)c2ccoc2CC(=O)O)C12CCC2. The van der Waals surface area contributed by atoms with E-state index in [1.165, 1.54) is 12.7 Å². The van der Waals surface area contributed by atoms with Crippen molar-refractivity contribution in [2.75, 3.05) is 14.2 Å².